The summed E-state index contributed by atoms with van der Waals surface area (Å²) in [5, 5.41) is 1.85. The molecule has 0 aromatic heterocycles. The molecule has 3 rings (SSSR count). The van der Waals surface area contributed by atoms with Gasteiger partial charge < -0.3 is 0 Å². The van der Waals surface area contributed by atoms with Crippen LogP contribution >= 0.6 is 0 Å². The molecule has 3 nitrogen and oxygen atoms in total. The predicted molar refractivity (Wildman–Crippen MR) is 113 cm³/mol. The number of hydrogen-bond acceptors (Lipinski definition) is 2. The van der Waals surface area contributed by atoms with E-state index >= 15 is 0 Å². The number of rotatable bonds is 5. The van der Waals surface area contributed by atoms with Crippen molar-refractivity contribution in [1.29, 1.82) is 0 Å². The standard InChI is InChI=1S/C22H21NO2S2/c1-18-8-12-21(13-9-18)26(17-16-20-6-4-3-5-7-20)23-27(24,25)22-14-10-19(2)11-15-22/h3-17H,1-2H3/b17-16-. The minimum Gasteiger partial charge on any atom is -0.199 e. The van der Waals surface area contributed by atoms with Gasteiger partial charge in [-0.1, -0.05) is 65.7 Å². The van der Waals surface area contributed by atoms with E-state index in [-0.39, 0.29) is 4.90 Å². The highest BCUT2D eigenvalue weighted by Crippen LogP contribution is 2.20. The first-order valence-electron chi connectivity index (χ1n) is 8.52. The van der Waals surface area contributed by atoms with E-state index in [2.05, 4.69) is 3.77 Å². The Labute approximate surface area is 163 Å². The van der Waals surface area contributed by atoms with Gasteiger partial charge in [-0.25, -0.2) is 0 Å². The largest absolute Gasteiger partial charge is 0.288 e. The van der Waals surface area contributed by atoms with Crippen molar-refractivity contribution in [3.8, 4) is 0 Å². The van der Waals surface area contributed by atoms with Gasteiger partial charge in [0, 0.05) is 4.90 Å². The molecule has 0 aliphatic rings. The first kappa shape index (κ1) is 19.3. The normalized spacial score (nSPS) is 13.1. The summed E-state index contributed by atoms with van der Waals surface area (Å²) >= 11 is 0. The van der Waals surface area contributed by atoms with Crippen LogP contribution < -0.4 is 0 Å². The molecule has 0 amide bonds. The molecule has 3 aromatic rings. The summed E-state index contributed by atoms with van der Waals surface area (Å²) in [5.41, 5.74) is 3.14. The quantitative estimate of drug-likeness (QED) is 0.571. The maximum absolute atomic E-state index is 12.8. The van der Waals surface area contributed by atoms with E-state index in [0.29, 0.717) is 0 Å². The lowest BCUT2D eigenvalue weighted by atomic mass is 10.2. The molecule has 0 bridgehead atoms. The van der Waals surface area contributed by atoms with Crippen molar-refractivity contribution in [3.05, 3.63) is 101 Å². The maximum Gasteiger partial charge on any atom is 0.288 e. The molecule has 138 valence electrons. The molecule has 0 saturated heterocycles. The molecule has 1 atom stereocenters. The van der Waals surface area contributed by atoms with E-state index in [4.69, 9.17) is 0 Å². The molecular formula is C22H21NO2S2. The average Bonchev–Trinajstić information content (AvgIpc) is 2.67. The van der Waals surface area contributed by atoms with Gasteiger partial charge >= 0.3 is 0 Å². The van der Waals surface area contributed by atoms with E-state index in [1.54, 1.807) is 24.3 Å². The number of benzene rings is 3. The van der Waals surface area contributed by atoms with Crippen molar-refractivity contribution in [2.24, 2.45) is 3.77 Å². The second-order valence-corrected chi connectivity index (χ2v) is 9.59. The van der Waals surface area contributed by atoms with E-state index < -0.39 is 20.7 Å². The van der Waals surface area contributed by atoms with Gasteiger partial charge in [0.05, 0.1) is 4.90 Å². The third-order valence-corrected chi connectivity index (χ3v) is 7.39. The third-order valence-electron chi connectivity index (χ3n) is 3.95. The highest BCUT2D eigenvalue weighted by atomic mass is 32.3. The average molecular weight is 396 g/mol. The number of hydrogen-bond donors (Lipinski definition) is 0. The van der Waals surface area contributed by atoms with Crippen LogP contribution in [0.1, 0.15) is 16.7 Å². The lowest BCUT2D eigenvalue weighted by molar-refractivity contribution is 0.598. The summed E-state index contributed by atoms with van der Waals surface area (Å²) in [4.78, 5) is 1.08. The molecule has 0 saturated carbocycles. The summed E-state index contributed by atoms with van der Waals surface area (Å²) < 4.78 is 29.9. The monoisotopic (exact) mass is 395 g/mol. The molecule has 1 unspecified atom stereocenters. The predicted octanol–water partition coefficient (Wildman–Crippen LogP) is 5.52. The van der Waals surface area contributed by atoms with E-state index in [1.165, 1.54) is 0 Å². The van der Waals surface area contributed by atoms with Crippen LogP contribution in [0.5, 0.6) is 0 Å². The summed E-state index contributed by atoms with van der Waals surface area (Å²) in [5.74, 6) is 0. The fourth-order valence-electron chi connectivity index (χ4n) is 2.39. The molecule has 0 aliphatic carbocycles. The fraction of sp³-hybridized carbons (Fsp3) is 0.0909. The topological polar surface area (TPSA) is 46.5 Å². The van der Waals surface area contributed by atoms with E-state index in [1.807, 2.05) is 79.9 Å². The Morgan fingerprint density at radius 2 is 1.33 bits per heavy atom. The molecule has 0 N–H and O–H groups in total. The zero-order valence-electron chi connectivity index (χ0n) is 15.2. The molecule has 0 fully saturated rings. The van der Waals surface area contributed by atoms with E-state index in [0.717, 1.165) is 21.6 Å². The second kappa shape index (κ2) is 8.46. The number of aryl methyl sites for hydroxylation is 2. The van der Waals surface area contributed by atoms with Gasteiger partial charge in [-0.15, -0.1) is 3.77 Å². The van der Waals surface area contributed by atoms with Crippen LogP contribution in [0.2, 0.25) is 0 Å². The van der Waals surface area contributed by atoms with Crippen molar-refractivity contribution in [2.45, 2.75) is 23.6 Å². The van der Waals surface area contributed by atoms with Crippen LogP contribution in [0.3, 0.4) is 0 Å². The maximum atomic E-state index is 12.8. The smallest absolute Gasteiger partial charge is 0.199 e. The first-order valence-corrected chi connectivity index (χ1v) is 11.2. The minimum atomic E-state index is -3.75. The van der Waals surface area contributed by atoms with Crippen LogP contribution in [-0.2, 0) is 20.7 Å². The Morgan fingerprint density at radius 1 is 0.778 bits per heavy atom. The first-order chi connectivity index (χ1) is 12.9. The van der Waals surface area contributed by atoms with E-state index in [9.17, 15) is 8.42 Å². The molecule has 3 aromatic carbocycles. The van der Waals surface area contributed by atoms with Gasteiger partial charge in [0.15, 0.2) is 0 Å². The van der Waals surface area contributed by atoms with Gasteiger partial charge in [0.1, 0.15) is 0 Å². The SMILES string of the molecule is Cc1ccc(S(/C=C\c2ccccc2)=N\S(=O)(=O)c2ccc(C)cc2)cc1. The van der Waals surface area contributed by atoms with Gasteiger partial charge in [-0.3, -0.25) is 0 Å². The highest BCUT2D eigenvalue weighted by Gasteiger charge is 2.14. The Kier molecular flexibility index (Phi) is 6.04. The molecule has 0 heterocycles. The molecule has 5 heteroatoms. The minimum absolute atomic E-state index is 0.214. The van der Waals surface area contributed by atoms with Crippen molar-refractivity contribution in [1.82, 2.24) is 0 Å². The van der Waals surface area contributed by atoms with Crippen LogP contribution in [0.4, 0.5) is 0 Å². The zero-order chi connectivity index (χ0) is 19.3. The van der Waals surface area contributed by atoms with Crippen LogP contribution in [0.25, 0.3) is 6.08 Å². The number of sulfonamides is 1. The van der Waals surface area contributed by atoms with Crippen LogP contribution in [0.15, 0.2) is 97.8 Å². The summed E-state index contributed by atoms with van der Waals surface area (Å²) in [7, 11) is -4.67. The second-order valence-electron chi connectivity index (χ2n) is 6.20. The molecular weight excluding hydrogens is 374 g/mol. The Hall–Kier alpha value is -2.50. The summed E-state index contributed by atoms with van der Waals surface area (Å²) in [6, 6.07) is 24.4. The molecule has 0 spiro atoms. The summed E-state index contributed by atoms with van der Waals surface area (Å²) in [6.45, 7) is 3.93. The third kappa shape index (κ3) is 5.25. The lowest BCUT2D eigenvalue weighted by Gasteiger charge is -2.06. The number of nitrogens with zero attached hydrogens (tertiary/aromatic N) is 1. The van der Waals surface area contributed by atoms with Crippen molar-refractivity contribution < 1.29 is 8.42 Å². The molecule has 0 radical (unpaired) electrons. The van der Waals surface area contributed by atoms with Crippen molar-refractivity contribution in [2.75, 3.05) is 0 Å². The highest BCUT2D eigenvalue weighted by molar-refractivity contribution is 8.01. The molecule has 27 heavy (non-hydrogen) atoms. The van der Waals surface area contributed by atoms with Gasteiger partial charge in [-0.05, 0) is 65.9 Å². The Morgan fingerprint density at radius 3 is 1.93 bits per heavy atom. The van der Waals surface area contributed by atoms with Gasteiger partial charge in [-0.2, -0.15) is 8.42 Å². The van der Waals surface area contributed by atoms with Crippen LogP contribution in [0, 0.1) is 13.8 Å². The van der Waals surface area contributed by atoms with Crippen molar-refractivity contribution in [3.63, 3.8) is 0 Å². The van der Waals surface area contributed by atoms with Crippen LogP contribution in [-0.4, -0.2) is 8.42 Å². The fourth-order valence-corrected chi connectivity index (χ4v) is 5.46. The molecule has 0 aliphatic heterocycles. The zero-order valence-corrected chi connectivity index (χ0v) is 16.9. The van der Waals surface area contributed by atoms with Gasteiger partial charge in [0.25, 0.3) is 10.0 Å². The lowest BCUT2D eigenvalue weighted by Crippen LogP contribution is -2.00. The Bertz CT molecular complexity index is 1070. The van der Waals surface area contributed by atoms with Gasteiger partial charge in [0.2, 0.25) is 0 Å². The van der Waals surface area contributed by atoms with Crippen molar-refractivity contribution >= 4 is 26.8 Å². The summed E-state index contributed by atoms with van der Waals surface area (Å²) in [6.07, 6.45) is 1.91. The Balaban J connectivity index is 2.05.